The summed E-state index contributed by atoms with van der Waals surface area (Å²) >= 11 is 0. The molecule has 2 N–H and O–H groups in total. The van der Waals surface area contributed by atoms with Gasteiger partial charge in [0.05, 0.1) is 0 Å². The monoisotopic (exact) mass is 326 g/mol. The van der Waals surface area contributed by atoms with E-state index in [1.165, 1.54) is 37.3 Å². The molecule has 1 aromatic carbocycles. The van der Waals surface area contributed by atoms with Gasteiger partial charge >= 0.3 is 0 Å². The molecule has 24 heavy (non-hydrogen) atoms. The third-order valence-corrected chi connectivity index (χ3v) is 4.19. The van der Waals surface area contributed by atoms with Crippen molar-refractivity contribution in [3.05, 3.63) is 59.6 Å². The minimum absolute atomic E-state index is 0.210. The van der Waals surface area contributed by atoms with E-state index in [0.717, 1.165) is 13.0 Å². The van der Waals surface area contributed by atoms with Crippen LogP contribution >= 0.6 is 0 Å². The molecule has 0 aliphatic heterocycles. The van der Waals surface area contributed by atoms with E-state index in [-0.39, 0.29) is 5.82 Å². The van der Waals surface area contributed by atoms with Crippen LogP contribution in [0.3, 0.4) is 0 Å². The molecule has 0 amide bonds. The lowest BCUT2D eigenvalue weighted by Gasteiger charge is -2.13. The number of allylic oxidation sites excluding steroid dienone is 1. The first-order valence-corrected chi connectivity index (χ1v) is 8.53. The number of rotatable bonds is 7. The highest BCUT2D eigenvalue weighted by Crippen LogP contribution is 2.20. The molecule has 0 radical (unpaired) electrons. The smallest absolute Gasteiger partial charge is 0.224 e. The van der Waals surface area contributed by atoms with E-state index in [9.17, 15) is 4.39 Å². The maximum atomic E-state index is 13.6. The number of halogens is 1. The van der Waals surface area contributed by atoms with Crippen LogP contribution in [0.5, 0.6) is 0 Å². The van der Waals surface area contributed by atoms with Gasteiger partial charge in [0.15, 0.2) is 0 Å². The Morgan fingerprint density at radius 3 is 2.83 bits per heavy atom. The first-order valence-electron chi connectivity index (χ1n) is 8.53. The zero-order chi connectivity index (χ0) is 16.6. The van der Waals surface area contributed by atoms with Crippen LogP contribution in [-0.4, -0.2) is 16.5 Å². The number of aromatic nitrogens is 2. The third-order valence-electron chi connectivity index (χ3n) is 4.19. The van der Waals surface area contributed by atoms with E-state index >= 15 is 0 Å². The van der Waals surface area contributed by atoms with E-state index in [4.69, 9.17) is 0 Å². The molecule has 2 aromatic rings. The summed E-state index contributed by atoms with van der Waals surface area (Å²) in [4.78, 5) is 8.66. The number of benzene rings is 1. The van der Waals surface area contributed by atoms with Crippen molar-refractivity contribution in [2.24, 2.45) is 0 Å². The van der Waals surface area contributed by atoms with Crippen molar-refractivity contribution in [2.75, 3.05) is 17.2 Å². The van der Waals surface area contributed by atoms with Crippen LogP contribution in [0.2, 0.25) is 0 Å². The lowest BCUT2D eigenvalue weighted by molar-refractivity contribution is 0.613. The first kappa shape index (κ1) is 16.4. The highest BCUT2D eigenvalue weighted by atomic mass is 19.1. The Morgan fingerprint density at radius 1 is 1.08 bits per heavy atom. The predicted molar refractivity (Wildman–Crippen MR) is 95.4 cm³/mol. The molecule has 0 fully saturated rings. The number of hydrogen-bond acceptors (Lipinski definition) is 4. The predicted octanol–water partition coefficient (Wildman–Crippen LogP) is 4.53. The fourth-order valence-electron chi connectivity index (χ4n) is 2.84. The van der Waals surface area contributed by atoms with Gasteiger partial charge in [-0.15, -0.1) is 0 Å². The molecule has 1 heterocycles. The van der Waals surface area contributed by atoms with Crippen LogP contribution < -0.4 is 10.6 Å². The van der Waals surface area contributed by atoms with E-state index in [0.29, 0.717) is 23.9 Å². The average Bonchev–Trinajstić information content (AvgIpc) is 2.62. The van der Waals surface area contributed by atoms with Crippen molar-refractivity contribution in [3.8, 4) is 0 Å². The largest absolute Gasteiger partial charge is 0.366 e. The molecule has 0 bridgehead atoms. The van der Waals surface area contributed by atoms with E-state index in [1.807, 2.05) is 6.07 Å². The molecule has 0 atom stereocenters. The van der Waals surface area contributed by atoms with Gasteiger partial charge in [0.2, 0.25) is 5.95 Å². The van der Waals surface area contributed by atoms with Gasteiger partial charge in [0, 0.05) is 24.8 Å². The maximum Gasteiger partial charge on any atom is 0.224 e. The lowest BCUT2D eigenvalue weighted by Crippen LogP contribution is -2.09. The molecule has 0 unspecified atom stereocenters. The molecular formula is C19H23FN4. The Hall–Kier alpha value is -2.43. The summed E-state index contributed by atoms with van der Waals surface area (Å²) in [5, 5.41) is 6.40. The number of anilines is 2. The second-order valence-corrected chi connectivity index (χ2v) is 6.00. The van der Waals surface area contributed by atoms with Crippen LogP contribution in [0.4, 0.5) is 16.2 Å². The third kappa shape index (κ3) is 4.78. The van der Waals surface area contributed by atoms with Gasteiger partial charge < -0.3 is 10.6 Å². The minimum atomic E-state index is -0.210. The van der Waals surface area contributed by atoms with Gasteiger partial charge in [-0.05, 0) is 44.2 Å². The lowest BCUT2D eigenvalue weighted by atomic mass is 9.97. The highest BCUT2D eigenvalue weighted by Gasteiger charge is 2.05. The van der Waals surface area contributed by atoms with Gasteiger partial charge in [-0.3, -0.25) is 0 Å². The second kappa shape index (κ2) is 8.43. The summed E-state index contributed by atoms with van der Waals surface area (Å²) in [5.41, 5.74) is 2.15. The summed E-state index contributed by atoms with van der Waals surface area (Å²) in [7, 11) is 0. The van der Waals surface area contributed by atoms with Gasteiger partial charge in [0.25, 0.3) is 0 Å². The van der Waals surface area contributed by atoms with E-state index in [1.54, 1.807) is 24.4 Å². The zero-order valence-electron chi connectivity index (χ0n) is 13.8. The maximum absolute atomic E-state index is 13.6. The van der Waals surface area contributed by atoms with Crippen molar-refractivity contribution >= 4 is 11.8 Å². The minimum Gasteiger partial charge on any atom is -0.366 e. The Labute approximate surface area is 142 Å². The number of hydrogen-bond donors (Lipinski definition) is 2. The zero-order valence-corrected chi connectivity index (χ0v) is 13.8. The Kier molecular flexibility index (Phi) is 5.77. The van der Waals surface area contributed by atoms with Gasteiger partial charge in [-0.2, -0.15) is 4.98 Å². The number of nitrogens with zero attached hydrogens (tertiary/aromatic N) is 2. The van der Waals surface area contributed by atoms with Crippen LogP contribution in [0.25, 0.3) is 0 Å². The summed E-state index contributed by atoms with van der Waals surface area (Å²) in [6.07, 6.45) is 10.1. The highest BCUT2D eigenvalue weighted by molar-refractivity contribution is 5.40. The Balaban J connectivity index is 1.50. The fourth-order valence-corrected chi connectivity index (χ4v) is 2.84. The molecule has 0 spiro atoms. The Bertz CT molecular complexity index is 699. The molecule has 5 heteroatoms. The van der Waals surface area contributed by atoms with Crippen LogP contribution in [-0.2, 0) is 6.54 Å². The fraction of sp³-hybridized carbons (Fsp3) is 0.368. The van der Waals surface area contributed by atoms with Crippen molar-refractivity contribution in [2.45, 2.75) is 38.6 Å². The van der Waals surface area contributed by atoms with Crippen molar-refractivity contribution in [3.63, 3.8) is 0 Å². The van der Waals surface area contributed by atoms with Gasteiger partial charge in [-0.1, -0.05) is 29.8 Å². The van der Waals surface area contributed by atoms with Crippen LogP contribution in [0.15, 0.2) is 48.2 Å². The molecule has 4 nitrogen and oxygen atoms in total. The molecule has 1 aliphatic rings. The normalized spacial score (nSPS) is 14.1. The van der Waals surface area contributed by atoms with Crippen molar-refractivity contribution in [1.29, 1.82) is 0 Å². The summed E-state index contributed by atoms with van der Waals surface area (Å²) < 4.78 is 13.6. The molecule has 0 saturated carbocycles. The average molecular weight is 326 g/mol. The molecular weight excluding hydrogens is 303 g/mol. The number of nitrogens with one attached hydrogen (secondary N) is 2. The molecule has 0 saturated heterocycles. The van der Waals surface area contributed by atoms with Crippen LogP contribution in [0.1, 0.15) is 37.7 Å². The first-order chi connectivity index (χ1) is 11.8. The molecule has 3 rings (SSSR count). The van der Waals surface area contributed by atoms with E-state index in [2.05, 4.69) is 26.7 Å². The Morgan fingerprint density at radius 2 is 2.00 bits per heavy atom. The van der Waals surface area contributed by atoms with Gasteiger partial charge in [-0.25, -0.2) is 9.37 Å². The van der Waals surface area contributed by atoms with Gasteiger partial charge in [0.1, 0.15) is 11.6 Å². The summed E-state index contributed by atoms with van der Waals surface area (Å²) in [5.74, 6) is 1.08. The van der Waals surface area contributed by atoms with Crippen molar-refractivity contribution < 1.29 is 4.39 Å². The standard InChI is InChI=1S/C19H23FN4/c20-17-9-5-4-8-16(17)14-23-18-11-13-22-19(24-18)21-12-10-15-6-2-1-3-7-15/h4-6,8-9,11,13H,1-3,7,10,12,14H2,(H2,21,22,23,24). The molecule has 1 aromatic heterocycles. The SMILES string of the molecule is Fc1ccccc1CNc1ccnc(NCCC2=CCCCC2)n1. The van der Waals surface area contributed by atoms with Crippen molar-refractivity contribution in [1.82, 2.24) is 9.97 Å². The second-order valence-electron chi connectivity index (χ2n) is 6.00. The summed E-state index contributed by atoms with van der Waals surface area (Å²) in [6.45, 7) is 1.23. The topological polar surface area (TPSA) is 49.8 Å². The quantitative estimate of drug-likeness (QED) is 0.734. The molecule has 126 valence electrons. The summed E-state index contributed by atoms with van der Waals surface area (Å²) in [6, 6.07) is 8.53. The molecule has 1 aliphatic carbocycles. The van der Waals surface area contributed by atoms with Crippen LogP contribution in [0, 0.1) is 5.82 Å². The van der Waals surface area contributed by atoms with E-state index < -0.39 is 0 Å².